The van der Waals surface area contributed by atoms with Crippen LogP contribution in [0.1, 0.15) is 32.1 Å². The van der Waals surface area contributed by atoms with E-state index in [0.29, 0.717) is 12.8 Å². The Bertz CT molecular complexity index is 427. The largest absolute Gasteiger partial charge is 0.481 e. The van der Waals surface area contributed by atoms with E-state index < -0.39 is 30.0 Å². The molecule has 0 bridgehead atoms. The van der Waals surface area contributed by atoms with Crippen LogP contribution in [0.15, 0.2) is 0 Å². The number of hydrogen-bond acceptors (Lipinski definition) is 3. The quantitative estimate of drug-likeness (QED) is 0.863. The van der Waals surface area contributed by atoms with E-state index in [-0.39, 0.29) is 44.9 Å². The van der Waals surface area contributed by atoms with E-state index in [2.05, 4.69) is 0 Å². The zero-order valence-corrected chi connectivity index (χ0v) is 12.1. The second-order valence-electron chi connectivity index (χ2n) is 5.96. The van der Waals surface area contributed by atoms with Crippen LogP contribution in [-0.4, -0.2) is 53.9 Å². The summed E-state index contributed by atoms with van der Waals surface area (Å²) in [6, 6.07) is -0.593. The van der Waals surface area contributed by atoms with Gasteiger partial charge in [0.15, 0.2) is 0 Å². The lowest BCUT2D eigenvalue weighted by atomic mass is 9.80. The van der Waals surface area contributed by atoms with Crippen molar-refractivity contribution >= 4 is 11.9 Å². The molecule has 1 amide bonds. The average molecular weight is 323 g/mol. The minimum atomic E-state index is -4.27. The van der Waals surface area contributed by atoms with Crippen LogP contribution in [0.4, 0.5) is 13.2 Å². The molecule has 8 heteroatoms. The lowest BCUT2D eigenvalue weighted by molar-refractivity contribution is -0.188. The molecule has 2 fully saturated rings. The highest BCUT2D eigenvalue weighted by atomic mass is 19.4. The average Bonchev–Trinajstić information content (AvgIpc) is 2.46. The molecule has 0 radical (unpaired) electrons. The van der Waals surface area contributed by atoms with E-state index >= 15 is 0 Å². The number of alkyl halides is 3. The van der Waals surface area contributed by atoms with E-state index in [9.17, 15) is 22.8 Å². The van der Waals surface area contributed by atoms with E-state index in [1.54, 1.807) is 0 Å². The van der Waals surface area contributed by atoms with Gasteiger partial charge in [0.2, 0.25) is 5.91 Å². The molecule has 0 aromatic rings. The van der Waals surface area contributed by atoms with Gasteiger partial charge in [-0.3, -0.25) is 9.59 Å². The number of amides is 1. The Morgan fingerprint density at radius 3 is 2.64 bits per heavy atom. The minimum Gasteiger partial charge on any atom is -0.481 e. The summed E-state index contributed by atoms with van der Waals surface area (Å²) < 4.78 is 43.7. The van der Waals surface area contributed by atoms with Crippen LogP contribution in [0.3, 0.4) is 0 Å². The predicted molar refractivity (Wildman–Crippen MR) is 70.1 cm³/mol. The molecule has 2 rings (SSSR count). The van der Waals surface area contributed by atoms with Gasteiger partial charge in [-0.05, 0) is 19.3 Å². The number of carbonyl (C=O) groups excluding carboxylic acids is 1. The van der Waals surface area contributed by atoms with Crippen LogP contribution < -0.4 is 0 Å². The fourth-order valence-electron chi connectivity index (χ4n) is 3.26. The fourth-order valence-corrected chi connectivity index (χ4v) is 3.26. The van der Waals surface area contributed by atoms with Crippen molar-refractivity contribution in [3.05, 3.63) is 0 Å². The van der Waals surface area contributed by atoms with Gasteiger partial charge >= 0.3 is 12.1 Å². The van der Waals surface area contributed by atoms with Crippen molar-refractivity contribution in [1.29, 1.82) is 0 Å². The first-order valence-electron chi connectivity index (χ1n) is 7.45. The summed E-state index contributed by atoms with van der Waals surface area (Å²) in [4.78, 5) is 24.8. The maximum absolute atomic E-state index is 12.8. The molecular formula is C14H20F3NO4. The number of halogens is 3. The number of morpholine rings is 1. The summed E-state index contributed by atoms with van der Waals surface area (Å²) in [6.45, 7) is 0.648. The van der Waals surface area contributed by atoms with Gasteiger partial charge in [0.05, 0.1) is 31.6 Å². The summed E-state index contributed by atoms with van der Waals surface area (Å²) in [5, 5.41) is 8.88. The van der Waals surface area contributed by atoms with Crippen LogP contribution in [0, 0.1) is 11.8 Å². The van der Waals surface area contributed by atoms with Crippen molar-refractivity contribution in [2.24, 2.45) is 11.8 Å². The summed E-state index contributed by atoms with van der Waals surface area (Å²) in [6.07, 6.45) is -3.85. The SMILES string of the molecule is O=C(O)CC1COCCN1C(=O)C1CCCC(C(F)(F)F)C1. The Balaban J connectivity index is 2.03. The third-order valence-electron chi connectivity index (χ3n) is 4.41. The number of carboxylic acid groups (broad SMARTS) is 1. The molecule has 0 aromatic carbocycles. The van der Waals surface area contributed by atoms with E-state index in [1.165, 1.54) is 4.90 Å². The van der Waals surface area contributed by atoms with Crippen LogP contribution >= 0.6 is 0 Å². The topological polar surface area (TPSA) is 66.8 Å². The highest BCUT2D eigenvalue weighted by Gasteiger charge is 2.45. The van der Waals surface area contributed by atoms with Crippen molar-refractivity contribution < 1.29 is 32.6 Å². The summed E-state index contributed by atoms with van der Waals surface area (Å²) in [7, 11) is 0. The van der Waals surface area contributed by atoms with Crippen LogP contribution in [0.25, 0.3) is 0 Å². The molecule has 1 N–H and O–H groups in total. The number of carbonyl (C=O) groups is 2. The van der Waals surface area contributed by atoms with Crippen molar-refractivity contribution in [3.8, 4) is 0 Å². The van der Waals surface area contributed by atoms with Gasteiger partial charge in [-0.1, -0.05) is 6.42 Å². The van der Waals surface area contributed by atoms with Gasteiger partial charge in [0, 0.05) is 12.5 Å². The Kier molecular flexibility index (Phi) is 5.31. The number of rotatable bonds is 3. The van der Waals surface area contributed by atoms with Gasteiger partial charge in [-0.25, -0.2) is 0 Å². The number of hydrogen-bond donors (Lipinski definition) is 1. The van der Waals surface area contributed by atoms with Gasteiger partial charge < -0.3 is 14.7 Å². The Labute approximate surface area is 126 Å². The zero-order chi connectivity index (χ0) is 16.3. The van der Waals surface area contributed by atoms with Gasteiger partial charge in [-0.2, -0.15) is 13.2 Å². The summed E-state index contributed by atoms with van der Waals surface area (Å²) >= 11 is 0. The third kappa shape index (κ3) is 4.12. The Morgan fingerprint density at radius 2 is 2.00 bits per heavy atom. The molecule has 3 unspecified atom stereocenters. The smallest absolute Gasteiger partial charge is 0.391 e. The van der Waals surface area contributed by atoms with Crippen LogP contribution in [0.5, 0.6) is 0 Å². The predicted octanol–water partition coefficient (Wildman–Crippen LogP) is 2.06. The van der Waals surface area contributed by atoms with Crippen molar-refractivity contribution in [1.82, 2.24) is 4.90 Å². The van der Waals surface area contributed by atoms with E-state index in [4.69, 9.17) is 9.84 Å². The number of aliphatic carboxylic acids is 1. The van der Waals surface area contributed by atoms with Crippen molar-refractivity contribution in [2.75, 3.05) is 19.8 Å². The molecule has 0 aromatic heterocycles. The lowest BCUT2D eigenvalue weighted by Crippen LogP contribution is -2.52. The normalized spacial score (nSPS) is 30.1. The molecule has 1 saturated carbocycles. The van der Waals surface area contributed by atoms with E-state index in [0.717, 1.165) is 0 Å². The minimum absolute atomic E-state index is 0.0644. The monoisotopic (exact) mass is 323 g/mol. The molecule has 1 aliphatic heterocycles. The highest BCUT2D eigenvalue weighted by molar-refractivity contribution is 5.80. The Morgan fingerprint density at radius 1 is 1.27 bits per heavy atom. The molecule has 5 nitrogen and oxygen atoms in total. The highest BCUT2D eigenvalue weighted by Crippen LogP contribution is 2.40. The zero-order valence-electron chi connectivity index (χ0n) is 12.1. The first-order valence-corrected chi connectivity index (χ1v) is 7.45. The van der Waals surface area contributed by atoms with Gasteiger partial charge in [-0.15, -0.1) is 0 Å². The first-order chi connectivity index (χ1) is 10.3. The van der Waals surface area contributed by atoms with E-state index in [1.807, 2.05) is 0 Å². The molecule has 2 aliphatic rings. The standard InChI is InChI=1S/C14H20F3NO4/c15-14(16,17)10-3-1-2-9(6-10)13(21)18-4-5-22-8-11(18)7-12(19)20/h9-11H,1-8H2,(H,19,20). The molecule has 3 atom stereocenters. The third-order valence-corrected chi connectivity index (χ3v) is 4.41. The molecular weight excluding hydrogens is 303 g/mol. The molecule has 1 aliphatic carbocycles. The number of ether oxygens (including phenoxy) is 1. The molecule has 0 spiro atoms. The second-order valence-corrected chi connectivity index (χ2v) is 5.96. The Hall–Kier alpha value is -1.31. The molecule has 1 heterocycles. The van der Waals surface area contributed by atoms with Crippen LogP contribution in [0.2, 0.25) is 0 Å². The fraction of sp³-hybridized carbons (Fsp3) is 0.857. The molecule has 1 saturated heterocycles. The number of nitrogens with zero attached hydrogens (tertiary/aromatic N) is 1. The summed E-state index contributed by atoms with van der Waals surface area (Å²) in [5.41, 5.74) is 0. The van der Waals surface area contributed by atoms with Gasteiger partial charge in [0.1, 0.15) is 0 Å². The lowest BCUT2D eigenvalue weighted by Gasteiger charge is -2.39. The first kappa shape index (κ1) is 17.1. The van der Waals surface area contributed by atoms with Crippen LogP contribution in [-0.2, 0) is 14.3 Å². The maximum Gasteiger partial charge on any atom is 0.391 e. The summed E-state index contributed by atoms with van der Waals surface area (Å²) in [5.74, 6) is -3.52. The second kappa shape index (κ2) is 6.85. The van der Waals surface area contributed by atoms with Crippen molar-refractivity contribution in [2.45, 2.75) is 44.3 Å². The van der Waals surface area contributed by atoms with Gasteiger partial charge in [0.25, 0.3) is 0 Å². The molecule has 126 valence electrons. The number of carboxylic acids is 1. The maximum atomic E-state index is 12.8. The molecule has 22 heavy (non-hydrogen) atoms. The van der Waals surface area contributed by atoms with Crippen molar-refractivity contribution in [3.63, 3.8) is 0 Å².